The molecule has 3 amide bonds. The van der Waals surface area contributed by atoms with Crippen LogP contribution in [-0.2, 0) is 25.5 Å². The predicted octanol–water partition coefficient (Wildman–Crippen LogP) is 3.93. The van der Waals surface area contributed by atoms with Gasteiger partial charge >= 0.3 is 24.2 Å². The van der Waals surface area contributed by atoms with Crippen molar-refractivity contribution in [3.63, 3.8) is 0 Å². The summed E-state index contributed by atoms with van der Waals surface area (Å²) >= 11 is 0. The minimum absolute atomic E-state index is 0.168. The van der Waals surface area contributed by atoms with E-state index in [9.17, 15) is 37.5 Å². The fourth-order valence-electron chi connectivity index (χ4n) is 3.40. The molecule has 0 unspecified atom stereocenters. The first kappa shape index (κ1) is 36.4. The van der Waals surface area contributed by atoms with E-state index in [0.717, 1.165) is 5.56 Å². The van der Waals surface area contributed by atoms with Crippen molar-refractivity contribution in [1.29, 1.82) is 0 Å². The van der Waals surface area contributed by atoms with E-state index >= 15 is 0 Å². The number of alkyl carbamates (subject to hydrolysis) is 1. The van der Waals surface area contributed by atoms with E-state index in [2.05, 4.69) is 16.0 Å². The van der Waals surface area contributed by atoms with Crippen LogP contribution >= 0.6 is 0 Å². The predicted molar refractivity (Wildman–Crippen MR) is 149 cm³/mol. The molecule has 0 radical (unpaired) electrons. The number of ether oxygens (including phenoxy) is 1. The number of carboxylic acid groups (broad SMARTS) is 2. The zero-order chi connectivity index (χ0) is 32.6. The second-order valence-electron chi connectivity index (χ2n) is 10.2. The Kier molecular flexibility index (Phi) is 14.7. The monoisotopic (exact) mass is 611 g/mol. The molecule has 11 nitrogen and oxygen atoms in total. The minimum Gasteiger partial charge on any atom is -0.480 e. The van der Waals surface area contributed by atoms with E-state index < -0.39 is 53.7 Å². The van der Waals surface area contributed by atoms with Crippen LogP contribution in [0.4, 0.5) is 18.0 Å². The van der Waals surface area contributed by atoms with Gasteiger partial charge in [-0.25, -0.2) is 14.4 Å². The molecule has 2 atom stereocenters. The van der Waals surface area contributed by atoms with Gasteiger partial charge in [0.2, 0.25) is 5.91 Å². The summed E-state index contributed by atoms with van der Waals surface area (Å²) < 4.78 is 36.9. The lowest BCUT2D eigenvalue weighted by molar-refractivity contribution is -0.192. The Labute approximate surface area is 246 Å². The Morgan fingerprint density at radius 3 is 1.84 bits per heavy atom. The number of hydrogen-bond acceptors (Lipinski definition) is 6. The van der Waals surface area contributed by atoms with Gasteiger partial charge in [-0.1, -0.05) is 48.5 Å². The van der Waals surface area contributed by atoms with Crippen molar-refractivity contribution in [2.45, 2.75) is 70.3 Å². The van der Waals surface area contributed by atoms with Crippen molar-refractivity contribution in [3.8, 4) is 0 Å². The van der Waals surface area contributed by atoms with Gasteiger partial charge in [0.25, 0.3) is 5.91 Å². The summed E-state index contributed by atoms with van der Waals surface area (Å²) in [6, 6.07) is 15.6. The zero-order valence-corrected chi connectivity index (χ0v) is 23.9. The van der Waals surface area contributed by atoms with E-state index in [1.165, 1.54) is 0 Å². The Hall–Kier alpha value is -4.62. The summed E-state index contributed by atoms with van der Waals surface area (Å²) in [5.74, 6) is -4.93. The summed E-state index contributed by atoms with van der Waals surface area (Å²) in [6.07, 6.45) is -4.29. The van der Waals surface area contributed by atoms with Crippen LogP contribution in [0.15, 0.2) is 60.7 Å². The fraction of sp³-hybridized carbons (Fsp3) is 0.414. The second-order valence-corrected chi connectivity index (χ2v) is 10.2. The maximum absolute atomic E-state index is 13.1. The molecule has 0 fully saturated rings. The number of rotatable bonds is 12. The first-order chi connectivity index (χ1) is 20.0. The first-order valence-electron chi connectivity index (χ1n) is 13.2. The van der Waals surface area contributed by atoms with Gasteiger partial charge in [-0.3, -0.25) is 9.59 Å². The average molecular weight is 612 g/mol. The highest BCUT2D eigenvalue weighted by Crippen LogP contribution is 2.13. The lowest BCUT2D eigenvalue weighted by Gasteiger charge is -2.22. The van der Waals surface area contributed by atoms with Gasteiger partial charge in [-0.2, -0.15) is 13.2 Å². The number of carbonyl (C=O) groups is 5. The molecule has 0 bridgehead atoms. The zero-order valence-electron chi connectivity index (χ0n) is 23.9. The highest BCUT2D eigenvalue weighted by atomic mass is 19.4. The number of hydrogen-bond donors (Lipinski definition) is 5. The third-order valence-corrected chi connectivity index (χ3v) is 5.39. The van der Waals surface area contributed by atoms with Gasteiger partial charge in [-0.05, 0) is 57.7 Å². The molecule has 5 N–H and O–H groups in total. The molecule has 2 aromatic rings. The van der Waals surface area contributed by atoms with Crippen molar-refractivity contribution >= 4 is 29.8 Å². The normalized spacial score (nSPS) is 12.4. The van der Waals surface area contributed by atoms with E-state index in [4.69, 9.17) is 14.6 Å². The summed E-state index contributed by atoms with van der Waals surface area (Å²) in [6.45, 7) is 5.61. The number of carboxylic acids is 2. The van der Waals surface area contributed by atoms with Crippen molar-refractivity contribution in [3.05, 3.63) is 71.8 Å². The molecule has 0 heterocycles. The molecule has 0 aliphatic carbocycles. The second kappa shape index (κ2) is 17.4. The van der Waals surface area contributed by atoms with E-state index in [1.807, 2.05) is 30.3 Å². The first-order valence-corrected chi connectivity index (χ1v) is 13.2. The highest BCUT2D eigenvalue weighted by molar-refractivity contribution is 5.98. The number of aliphatic carboxylic acids is 2. The van der Waals surface area contributed by atoms with Crippen LogP contribution in [0.2, 0.25) is 0 Å². The topological polar surface area (TPSA) is 171 Å². The summed E-state index contributed by atoms with van der Waals surface area (Å²) in [5.41, 5.74) is 0.622. The van der Waals surface area contributed by atoms with E-state index in [0.29, 0.717) is 24.9 Å². The molecule has 2 rings (SSSR count). The Bertz CT molecular complexity index is 1200. The smallest absolute Gasteiger partial charge is 0.480 e. The number of benzene rings is 2. The van der Waals surface area contributed by atoms with Crippen molar-refractivity contribution in [2.24, 2.45) is 0 Å². The van der Waals surface area contributed by atoms with Gasteiger partial charge in [0.15, 0.2) is 0 Å². The van der Waals surface area contributed by atoms with Crippen molar-refractivity contribution in [2.75, 3.05) is 6.54 Å². The molecule has 0 saturated heterocycles. The Balaban J connectivity index is 0.00000117. The lowest BCUT2D eigenvalue weighted by atomic mass is 10.0. The molecule has 236 valence electrons. The van der Waals surface area contributed by atoms with E-state index in [-0.39, 0.29) is 12.8 Å². The van der Waals surface area contributed by atoms with Gasteiger partial charge in [-0.15, -0.1) is 0 Å². The summed E-state index contributed by atoms with van der Waals surface area (Å²) in [5, 5.41) is 24.7. The number of halogens is 3. The number of amides is 3. The van der Waals surface area contributed by atoms with E-state index in [1.54, 1.807) is 51.1 Å². The number of alkyl halides is 3. The van der Waals surface area contributed by atoms with Crippen molar-refractivity contribution < 1.29 is 52.1 Å². The largest absolute Gasteiger partial charge is 0.490 e. The molecular weight excluding hydrogens is 575 g/mol. The Morgan fingerprint density at radius 1 is 0.814 bits per heavy atom. The summed E-state index contributed by atoms with van der Waals surface area (Å²) in [4.78, 5) is 58.2. The minimum atomic E-state index is -5.08. The molecule has 0 spiro atoms. The van der Waals surface area contributed by atoms with Crippen LogP contribution in [-0.4, -0.2) is 70.5 Å². The van der Waals surface area contributed by atoms with Crippen molar-refractivity contribution in [1.82, 2.24) is 16.0 Å². The lowest BCUT2D eigenvalue weighted by Crippen LogP contribution is -2.52. The third kappa shape index (κ3) is 15.8. The van der Waals surface area contributed by atoms with Crippen LogP contribution in [0.3, 0.4) is 0 Å². The number of unbranched alkanes of at least 4 members (excludes halogenated alkanes) is 1. The molecule has 0 aromatic heterocycles. The highest BCUT2D eigenvalue weighted by Gasteiger charge is 2.38. The van der Waals surface area contributed by atoms with Gasteiger partial charge in [0.05, 0.1) is 0 Å². The molecule has 0 aliphatic rings. The molecule has 2 aromatic carbocycles. The molecule has 43 heavy (non-hydrogen) atoms. The average Bonchev–Trinajstić information content (AvgIpc) is 2.91. The number of nitrogens with one attached hydrogen (secondary N) is 3. The molecular formula is C29H36F3N3O8. The maximum Gasteiger partial charge on any atom is 0.490 e. The van der Waals surface area contributed by atoms with Crippen LogP contribution in [0.5, 0.6) is 0 Å². The third-order valence-electron chi connectivity index (χ3n) is 5.39. The van der Waals surface area contributed by atoms with Crippen LogP contribution < -0.4 is 16.0 Å². The van der Waals surface area contributed by atoms with Crippen LogP contribution in [0.25, 0.3) is 0 Å². The fourth-order valence-corrected chi connectivity index (χ4v) is 3.40. The van der Waals surface area contributed by atoms with Gasteiger partial charge < -0.3 is 30.9 Å². The molecule has 0 aliphatic heterocycles. The van der Waals surface area contributed by atoms with Crippen LogP contribution in [0, 0.1) is 0 Å². The number of carbonyl (C=O) groups excluding carboxylic acids is 3. The molecule has 14 heteroatoms. The van der Waals surface area contributed by atoms with Gasteiger partial charge in [0.1, 0.15) is 17.7 Å². The summed E-state index contributed by atoms with van der Waals surface area (Å²) in [7, 11) is 0. The maximum atomic E-state index is 13.1. The quantitative estimate of drug-likeness (QED) is 0.225. The SMILES string of the molecule is CC(C)(C)OC(=O)NCCCC[C@H](NC(=O)[C@H](Cc1ccccc1)NC(=O)c1ccccc1)C(=O)O.O=C(O)C(F)(F)F. The van der Waals surface area contributed by atoms with Crippen LogP contribution in [0.1, 0.15) is 56.0 Å². The molecule has 0 saturated carbocycles. The van der Waals surface area contributed by atoms with Gasteiger partial charge in [0, 0.05) is 18.5 Å². The standard InChI is InChI=1S/C27H35N3O6.C2HF3O2/c1-27(2,3)36-26(35)28-17-11-10-16-21(25(33)34)29-24(32)22(18-19-12-6-4-7-13-19)30-23(31)20-14-8-5-9-15-20;3-2(4,5)1(6)7/h4-9,12-15,21-22H,10-11,16-18H2,1-3H3,(H,28,35)(H,29,32)(H,30,31)(H,33,34);(H,6,7)/t21-,22-;/m0./s1. The Morgan fingerprint density at radius 2 is 1.35 bits per heavy atom.